The molecule has 0 rings (SSSR count). The average molecular weight is 187 g/mol. The summed E-state index contributed by atoms with van der Waals surface area (Å²) in [6.07, 6.45) is -0.0581. The average Bonchev–Trinajstić information content (AvgIpc) is 2.02. The van der Waals surface area contributed by atoms with E-state index in [9.17, 15) is 4.79 Å². The first kappa shape index (κ1) is 12.4. The zero-order valence-electron chi connectivity index (χ0n) is 9.20. The molecule has 0 amide bonds. The van der Waals surface area contributed by atoms with Crippen molar-refractivity contribution in [1.82, 2.24) is 0 Å². The van der Waals surface area contributed by atoms with Crippen molar-refractivity contribution in [2.24, 2.45) is 17.6 Å². The van der Waals surface area contributed by atoms with Gasteiger partial charge < -0.3 is 10.5 Å². The van der Waals surface area contributed by atoms with Crippen LogP contribution in [0.15, 0.2) is 0 Å². The number of carbonyl (C=O) groups is 1. The second kappa shape index (κ2) is 5.22. The molecule has 0 aromatic rings. The van der Waals surface area contributed by atoms with Crippen LogP contribution in [0.5, 0.6) is 0 Å². The Hall–Kier alpha value is -0.570. The number of nitrogens with two attached hydrogens (primary N) is 1. The van der Waals surface area contributed by atoms with Gasteiger partial charge in [-0.15, -0.1) is 0 Å². The van der Waals surface area contributed by atoms with Crippen LogP contribution in [0, 0.1) is 11.8 Å². The summed E-state index contributed by atoms with van der Waals surface area (Å²) in [6, 6.07) is -0.499. The van der Waals surface area contributed by atoms with E-state index in [-0.39, 0.29) is 18.0 Å². The summed E-state index contributed by atoms with van der Waals surface area (Å²) in [4.78, 5) is 11.4. The van der Waals surface area contributed by atoms with E-state index in [0.29, 0.717) is 5.92 Å². The third-order valence-corrected chi connectivity index (χ3v) is 2.23. The maximum Gasteiger partial charge on any atom is 0.323 e. The van der Waals surface area contributed by atoms with Crippen molar-refractivity contribution in [3.05, 3.63) is 0 Å². The van der Waals surface area contributed by atoms with E-state index in [0.717, 1.165) is 0 Å². The molecule has 0 saturated heterocycles. The second-order valence-corrected chi connectivity index (χ2v) is 4.16. The molecule has 0 spiro atoms. The predicted molar refractivity (Wildman–Crippen MR) is 53.2 cm³/mol. The van der Waals surface area contributed by atoms with E-state index < -0.39 is 6.04 Å². The summed E-state index contributed by atoms with van der Waals surface area (Å²) in [5, 5.41) is 0. The van der Waals surface area contributed by atoms with E-state index >= 15 is 0 Å². The van der Waals surface area contributed by atoms with Gasteiger partial charge in [-0.2, -0.15) is 0 Å². The van der Waals surface area contributed by atoms with Crippen LogP contribution in [0.4, 0.5) is 0 Å². The number of ether oxygens (including phenoxy) is 1. The minimum absolute atomic E-state index is 0.0581. The van der Waals surface area contributed by atoms with E-state index in [1.54, 1.807) is 0 Å². The monoisotopic (exact) mass is 187 g/mol. The standard InChI is InChI=1S/C10H21NO2/c1-6(2)8(5)13-10(12)9(11)7(3)4/h6-9H,11H2,1-5H3. The normalized spacial score (nSPS) is 16.0. The lowest BCUT2D eigenvalue weighted by molar-refractivity contribution is -0.152. The van der Waals surface area contributed by atoms with Crippen molar-refractivity contribution in [3.8, 4) is 0 Å². The molecule has 13 heavy (non-hydrogen) atoms. The Morgan fingerprint density at radius 2 is 1.54 bits per heavy atom. The summed E-state index contributed by atoms with van der Waals surface area (Å²) in [5.74, 6) is 0.173. The molecular formula is C10H21NO2. The zero-order chi connectivity index (χ0) is 10.6. The number of rotatable bonds is 4. The predicted octanol–water partition coefficient (Wildman–Crippen LogP) is 1.56. The van der Waals surface area contributed by atoms with Crippen LogP contribution in [0.2, 0.25) is 0 Å². The third kappa shape index (κ3) is 4.27. The summed E-state index contributed by atoms with van der Waals surface area (Å²) in [6.45, 7) is 9.73. The summed E-state index contributed by atoms with van der Waals surface area (Å²) < 4.78 is 5.17. The van der Waals surface area contributed by atoms with E-state index in [4.69, 9.17) is 10.5 Å². The summed E-state index contributed by atoms with van der Waals surface area (Å²) >= 11 is 0. The van der Waals surface area contributed by atoms with Gasteiger partial charge in [-0.3, -0.25) is 4.79 Å². The maximum absolute atomic E-state index is 11.4. The highest BCUT2D eigenvalue weighted by Crippen LogP contribution is 2.08. The minimum atomic E-state index is -0.499. The van der Waals surface area contributed by atoms with Gasteiger partial charge in [-0.1, -0.05) is 27.7 Å². The summed E-state index contributed by atoms with van der Waals surface area (Å²) in [7, 11) is 0. The summed E-state index contributed by atoms with van der Waals surface area (Å²) in [5.41, 5.74) is 5.63. The van der Waals surface area contributed by atoms with Crippen LogP contribution in [-0.4, -0.2) is 18.1 Å². The van der Waals surface area contributed by atoms with Crippen LogP contribution in [0.1, 0.15) is 34.6 Å². The van der Waals surface area contributed by atoms with Gasteiger partial charge in [0.25, 0.3) is 0 Å². The maximum atomic E-state index is 11.4. The number of carbonyl (C=O) groups excluding carboxylic acids is 1. The van der Waals surface area contributed by atoms with Crippen LogP contribution < -0.4 is 5.73 Å². The van der Waals surface area contributed by atoms with E-state index in [1.165, 1.54) is 0 Å². The molecule has 0 aliphatic carbocycles. The molecule has 2 atom stereocenters. The van der Waals surface area contributed by atoms with Gasteiger partial charge in [0.15, 0.2) is 0 Å². The van der Waals surface area contributed by atoms with Crippen molar-refractivity contribution >= 4 is 5.97 Å². The molecule has 0 fully saturated rings. The van der Waals surface area contributed by atoms with Crippen LogP contribution in [-0.2, 0) is 9.53 Å². The largest absolute Gasteiger partial charge is 0.461 e. The Labute approximate surface area is 80.6 Å². The topological polar surface area (TPSA) is 52.3 Å². The van der Waals surface area contributed by atoms with Gasteiger partial charge in [-0.25, -0.2) is 0 Å². The van der Waals surface area contributed by atoms with Gasteiger partial charge in [0.1, 0.15) is 12.1 Å². The molecule has 3 nitrogen and oxygen atoms in total. The Kier molecular flexibility index (Phi) is 4.99. The Balaban J connectivity index is 4.00. The molecule has 0 aliphatic heterocycles. The minimum Gasteiger partial charge on any atom is -0.461 e. The highest BCUT2D eigenvalue weighted by molar-refractivity contribution is 5.75. The fourth-order valence-electron chi connectivity index (χ4n) is 0.670. The number of hydrogen-bond donors (Lipinski definition) is 1. The lowest BCUT2D eigenvalue weighted by Gasteiger charge is -2.20. The fraction of sp³-hybridized carbons (Fsp3) is 0.900. The van der Waals surface area contributed by atoms with Gasteiger partial charge in [0, 0.05) is 0 Å². The first-order valence-electron chi connectivity index (χ1n) is 4.82. The molecule has 3 heteroatoms. The van der Waals surface area contributed by atoms with Gasteiger partial charge in [-0.05, 0) is 18.8 Å². The first-order valence-corrected chi connectivity index (χ1v) is 4.82. The van der Waals surface area contributed by atoms with Crippen molar-refractivity contribution < 1.29 is 9.53 Å². The van der Waals surface area contributed by atoms with Crippen LogP contribution in [0.25, 0.3) is 0 Å². The quantitative estimate of drug-likeness (QED) is 0.679. The molecule has 0 radical (unpaired) electrons. The Morgan fingerprint density at radius 1 is 1.08 bits per heavy atom. The second-order valence-electron chi connectivity index (χ2n) is 4.16. The molecule has 78 valence electrons. The molecule has 2 N–H and O–H groups in total. The Bertz CT molecular complexity index is 166. The highest BCUT2D eigenvalue weighted by atomic mass is 16.5. The van der Waals surface area contributed by atoms with Crippen molar-refractivity contribution in [3.63, 3.8) is 0 Å². The van der Waals surface area contributed by atoms with Crippen molar-refractivity contribution in [2.45, 2.75) is 46.8 Å². The SMILES string of the molecule is CC(C)C(C)OC(=O)C(N)C(C)C. The van der Waals surface area contributed by atoms with Gasteiger partial charge in [0.05, 0.1) is 0 Å². The fourth-order valence-corrected chi connectivity index (χ4v) is 0.670. The molecular weight excluding hydrogens is 166 g/mol. The number of esters is 1. The number of hydrogen-bond acceptors (Lipinski definition) is 3. The van der Waals surface area contributed by atoms with Crippen molar-refractivity contribution in [1.29, 1.82) is 0 Å². The van der Waals surface area contributed by atoms with Crippen LogP contribution in [0.3, 0.4) is 0 Å². The highest BCUT2D eigenvalue weighted by Gasteiger charge is 2.21. The third-order valence-electron chi connectivity index (χ3n) is 2.23. The smallest absolute Gasteiger partial charge is 0.323 e. The molecule has 0 aliphatic rings. The lowest BCUT2D eigenvalue weighted by atomic mass is 10.1. The first-order chi connectivity index (χ1) is 5.86. The van der Waals surface area contributed by atoms with Gasteiger partial charge in [0.2, 0.25) is 0 Å². The molecule has 2 unspecified atom stereocenters. The Morgan fingerprint density at radius 3 is 1.85 bits per heavy atom. The molecule has 0 aromatic carbocycles. The molecule has 0 bridgehead atoms. The van der Waals surface area contributed by atoms with Gasteiger partial charge >= 0.3 is 5.97 Å². The van der Waals surface area contributed by atoms with Crippen LogP contribution >= 0.6 is 0 Å². The van der Waals surface area contributed by atoms with Crippen molar-refractivity contribution in [2.75, 3.05) is 0 Å². The lowest BCUT2D eigenvalue weighted by Crippen LogP contribution is -2.39. The van der Waals surface area contributed by atoms with E-state index in [1.807, 2.05) is 34.6 Å². The van der Waals surface area contributed by atoms with E-state index in [2.05, 4.69) is 0 Å². The molecule has 0 aromatic heterocycles. The molecule has 0 heterocycles. The molecule has 0 saturated carbocycles. The zero-order valence-corrected chi connectivity index (χ0v) is 9.20.